The van der Waals surface area contributed by atoms with Gasteiger partial charge in [-0.1, -0.05) is 24.3 Å². The zero-order valence-corrected chi connectivity index (χ0v) is 12.8. The maximum Gasteiger partial charge on any atom is 0.136 e. The molecule has 0 aliphatic rings. The van der Waals surface area contributed by atoms with Crippen molar-refractivity contribution in [1.29, 1.82) is 0 Å². The fourth-order valence-corrected chi connectivity index (χ4v) is 2.67. The maximum absolute atomic E-state index is 14.0. The van der Waals surface area contributed by atoms with E-state index in [-0.39, 0.29) is 5.82 Å². The SMILES string of the molecule is C=CC[C@](C)(N[S+]([O-])C(C)(C)C)c1ccccc1F. The summed E-state index contributed by atoms with van der Waals surface area (Å²) in [5.41, 5.74) is -0.224. The lowest BCUT2D eigenvalue weighted by Gasteiger charge is -2.34. The van der Waals surface area contributed by atoms with Gasteiger partial charge in [0.15, 0.2) is 0 Å². The van der Waals surface area contributed by atoms with E-state index in [1.54, 1.807) is 24.3 Å². The van der Waals surface area contributed by atoms with E-state index in [0.29, 0.717) is 12.0 Å². The zero-order valence-electron chi connectivity index (χ0n) is 12.0. The lowest BCUT2D eigenvalue weighted by molar-refractivity contribution is 0.406. The third-order valence-corrected chi connectivity index (χ3v) is 4.64. The van der Waals surface area contributed by atoms with Gasteiger partial charge in [-0.05, 0) is 40.2 Å². The Kier molecular flexibility index (Phi) is 5.18. The Morgan fingerprint density at radius 3 is 2.37 bits per heavy atom. The molecule has 1 N–H and O–H groups in total. The molecular formula is C15H22FNOS. The molecule has 0 aromatic heterocycles. The van der Waals surface area contributed by atoms with Crippen molar-refractivity contribution in [3.63, 3.8) is 0 Å². The fraction of sp³-hybridized carbons (Fsp3) is 0.467. The summed E-state index contributed by atoms with van der Waals surface area (Å²) in [7, 11) is 0. The third kappa shape index (κ3) is 4.06. The van der Waals surface area contributed by atoms with Crippen LogP contribution in [0.1, 0.15) is 39.7 Å². The van der Waals surface area contributed by atoms with Crippen molar-refractivity contribution in [3.8, 4) is 0 Å². The molecule has 0 radical (unpaired) electrons. The van der Waals surface area contributed by atoms with E-state index in [0.717, 1.165) is 0 Å². The summed E-state index contributed by atoms with van der Waals surface area (Å²) in [5.74, 6) is -0.301. The summed E-state index contributed by atoms with van der Waals surface area (Å²) >= 11 is -1.28. The highest BCUT2D eigenvalue weighted by Gasteiger charge is 2.37. The predicted molar refractivity (Wildman–Crippen MR) is 79.6 cm³/mol. The van der Waals surface area contributed by atoms with Crippen LogP contribution in [0, 0.1) is 5.82 Å². The zero-order chi connectivity index (χ0) is 14.7. The molecule has 1 aromatic carbocycles. The van der Waals surface area contributed by atoms with Crippen LogP contribution in [0.25, 0.3) is 0 Å². The van der Waals surface area contributed by atoms with Gasteiger partial charge in [0.05, 0.1) is 5.54 Å². The predicted octanol–water partition coefficient (Wildman–Crippen LogP) is 3.67. The quantitative estimate of drug-likeness (QED) is 0.661. The Morgan fingerprint density at radius 1 is 1.32 bits per heavy atom. The van der Waals surface area contributed by atoms with Gasteiger partial charge in [0.2, 0.25) is 0 Å². The van der Waals surface area contributed by atoms with Crippen LogP contribution < -0.4 is 4.72 Å². The van der Waals surface area contributed by atoms with E-state index in [9.17, 15) is 8.94 Å². The molecule has 0 aliphatic heterocycles. The molecule has 0 saturated carbocycles. The van der Waals surface area contributed by atoms with E-state index < -0.39 is 21.6 Å². The number of rotatable bonds is 5. The van der Waals surface area contributed by atoms with Crippen molar-refractivity contribution in [2.45, 2.75) is 44.4 Å². The first kappa shape index (κ1) is 16.2. The molecule has 0 aliphatic carbocycles. The molecule has 2 atom stereocenters. The van der Waals surface area contributed by atoms with E-state index in [1.165, 1.54) is 6.07 Å². The van der Waals surface area contributed by atoms with E-state index in [4.69, 9.17) is 0 Å². The van der Waals surface area contributed by atoms with Crippen LogP contribution in [0.2, 0.25) is 0 Å². The summed E-state index contributed by atoms with van der Waals surface area (Å²) in [6, 6.07) is 6.55. The Hall–Kier alpha value is -0.840. The van der Waals surface area contributed by atoms with Crippen LogP contribution in [-0.2, 0) is 16.9 Å². The van der Waals surface area contributed by atoms with Crippen molar-refractivity contribution in [2.24, 2.45) is 0 Å². The molecule has 4 heteroatoms. The minimum atomic E-state index is -1.28. The summed E-state index contributed by atoms with van der Waals surface area (Å²) in [5, 5.41) is 0. The molecule has 0 saturated heterocycles. The largest absolute Gasteiger partial charge is 0.598 e. The first-order valence-corrected chi connectivity index (χ1v) is 7.41. The topological polar surface area (TPSA) is 35.1 Å². The van der Waals surface area contributed by atoms with Gasteiger partial charge < -0.3 is 4.55 Å². The molecule has 0 amide bonds. The molecule has 0 heterocycles. The second-order valence-electron chi connectivity index (χ2n) is 5.79. The second-order valence-corrected chi connectivity index (χ2v) is 7.75. The molecular weight excluding hydrogens is 261 g/mol. The maximum atomic E-state index is 14.0. The third-order valence-electron chi connectivity index (χ3n) is 2.90. The molecule has 1 aromatic rings. The van der Waals surface area contributed by atoms with Gasteiger partial charge in [-0.3, -0.25) is 0 Å². The molecule has 19 heavy (non-hydrogen) atoms. The highest BCUT2D eigenvalue weighted by Crippen LogP contribution is 2.30. The minimum absolute atomic E-state index is 0.301. The van der Waals surface area contributed by atoms with Crippen molar-refractivity contribution < 1.29 is 8.94 Å². The number of halogens is 1. The highest BCUT2D eigenvalue weighted by atomic mass is 32.2. The van der Waals surface area contributed by atoms with Crippen LogP contribution in [0.15, 0.2) is 36.9 Å². The monoisotopic (exact) mass is 283 g/mol. The van der Waals surface area contributed by atoms with Gasteiger partial charge in [-0.25, -0.2) is 4.39 Å². The minimum Gasteiger partial charge on any atom is -0.598 e. The summed E-state index contributed by atoms with van der Waals surface area (Å²) < 4.78 is 28.9. The lowest BCUT2D eigenvalue weighted by atomic mass is 9.89. The number of hydrogen-bond donors (Lipinski definition) is 1. The molecule has 0 bridgehead atoms. The van der Waals surface area contributed by atoms with E-state index in [2.05, 4.69) is 11.3 Å². The molecule has 1 rings (SSSR count). The van der Waals surface area contributed by atoms with E-state index >= 15 is 0 Å². The number of nitrogens with one attached hydrogen (secondary N) is 1. The average molecular weight is 283 g/mol. The normalized spacial score (nSPS) is 16.7. The smallest absolute Gasteiger partial charge is 0.136 e. The molecule has 2 nitrogen and oxygen atoms in total. The summed E-state index contributed by atoms with van der Waals surface area (Å²) in [4.78, 5) is 0. The Morgan fingerprint density at radius 2 is 1.89 bits per heavy atom. The van der Waals surface area contributed by atoms with Gasteiger partial charge in [0.25, 0.3) is 0 Å². The van der Waals surface area contributed by atoms with Crippen molar-refractivity contribution in [2.75, 3.05) is 0 Å². The first-order valence-electron chi connectivity index (χ1n) is 6.26. The van der Waals surface area contributed by atoms with Crippen LogP contribution >= 0.6 is 0 Å². The van der Waals surface area contributed by atoms with Crippen molar-refractivity contribution in [1.82, 2.24) is 4.72 Å². The van der Waals surface area contributed by atoms with Crippen LogP contribution in [-0.4, -0.2) is 9.30 Å². The van der Waals surface area contributed by atoms with Gasteiger partial charge in [0, 0.05) is 16.9 Å². The number of hydrogen-bond acceptors (Lipinski definition) is 2. The number of benzene rings is 1. The molecule has 1 unspecified atom stereocenters. The molecule has 106 valence electrons. The van der Waals surface area contributed by atoms with Crippen molar-refractivity contribution in [3.05, 3.63) is 48.3 Å². The van der Waals surface area contributed by atoms with Gasteiger partial charge in [0.1, 0.15) is 10.6 Å². The second kappa shape index (κ2) is 6.07. The highest BCUT2D eigenvalue weighted by molar-refractivity contribution is 7.90. The average Bonchev–Trinajstić information content (AvgIpc) is 2.28. The van der Waals surface area contributed by atoms with Crippen molar-refractivity contribution >= 4 is 11.4 Å². The molecule has 0 fully saturated rings. The molecule has 0 spiro atoms. The van der Waals surface area contributed by atoms with Gasteiger partial charge >= 0.3 is 0 Å². The first-order chi connectivity index (χ1) is 8.70. The standard InChI is InChI=1S/C15H22FNOS/c1-6-11-15(5,17-19(18)14(2,3)4)12-9-7-8-10-13(12)16/h6-10,17H,1,11H2,2-5H3/t15-,19?/m0/s1. The Labute approximate surface area is 118 Å². The Bertz CT molecular complexity index is 444. The van der Waals surface area contributed by atoms with E-state index in [1.807, 2.05) is 27.7 Å². The summed E-state index contributed by atoms with van der Waals surface area (Å²) in [6.45, 7) is 11.2. The lowest BCUT2D eigenvalue weighted by Crippen LogP contribution is -2.50. The van der Waals surface area contributed by atoms with Crippen LogP contribution in [0.5, 0.6) is 0 Å². The Balaban J connectivity index is 3.11. The van der Waals surface area contributed by atoms with Gasteiger partial charge in [-0.15, -0.1) is 11.3 Å². The fourth-order valence-electron chi connectivity index (χ4n) is 1.76. The van der Waals surface area contributed by atoms with Crippen LogP contribution in [0.3, 0.4) is 0 Å². The summed E-state index contributed by atoms with van der Waals surface area (Å²) in [6.07, 6.45) is 2.20. The van der Waals surface area contributed by atoms with Gasteiger partial charge in [-0.2, -0.15) is 0 Å². The van der Waals surface area contributed by atoms with Crippen LogP contribution in [0.4, 0.5) is 4.39 Å².